The molecular formula is C24H23ClFN3O3P+. The quantitative estimate of drug-likeness (QED) is 0.307. The summed E-state index contributed by atoms with van der Waals surface area (Å²) in [5.41, 5.74) is 1.98. The molecule has 2 aromatic heterocycles. The van der Waals surface area contributed by atoms with Crippen LogP contribution in [-0.4, -0.2) is 18.0 Å². The van der Waals surface area contributed by atoms with Gasteiger partial charge in [-0.05, 0) is 41.5 Å². The molecule has 2 aromatic carbocycles. The summed E-state index contributed by atoms with van der Waals surface area (Å²) in [7, 11) is -0.552. The number of aromatic amines is 1. The second-order valence-corrected chi connectivity index (χ2v) is 10.5. The number of halogens is 2. The van der Waals surface area contributed by atoms with Crippen LogP contribution in [0.15, 0.2) is 67.0 Å². The molecular weight excluding hydrogens is 464 g/mol. The Bertz CT molecular complexity index is 1370. The lowest BCUT2D eigenvalue weighted by atomic mass is 10.2. The summed E-state index contributed by atoms with van der Waals surface area (Å²) in [4.78, 5) is 16.3. The highest BCUT2D eigenvalue weighted by Crippen LogP contribution is 2.47. The van der Waals surface area contributed by atoms with E-state index in [1.807, 2.05) is 36.1 Å². The Kier molecular flexibility index (Phi) is 6.66. The molecule has 2 N–H and O–H groups in total. The standard InChI is InChI=1S/C24H22ClFN3O3P/c1-29-10-8-16(9-11-29)15-27-24(30)22-23(20-13-18(25)6-7-21(20)28-22)33(31,32-2)19-5-3-4-17(12-19)14-26/h3-13H,14-15H2,1-2H3,(H-,27,28,30,31)/p+1. The largest absolute Gasteiger partial charge is 0.350 e. The van der Waals surface area contributed by atoms with Crippen LogP contribution < -0.4 is 20.5 Å². The van der Waals surface area contributed by atoms with Crippen molar-refractivity contribution in [3.8, 4) is 0 Å². The molecule has 4 rings (SSSR count). The van der Waals surface area contributed by atoms with Crippen molar-refractivity contribution in [2.75, 3.05) is 7.11 Å². The highest BCUT2D eigenvalue weighted by molar-refractivity contribution is 7.75. The summed E-state index contributed by atoms with van der Waals surface area (Å²) in [6.07, 6.45) is 3.77. The van der Waals surface area contributed by atoms with Crippen molar-refractivity contribution in [3.63, 3.8) is 0 Å². The lowest BCUT2D eigenvalue weighted by molar-refractivity contribution is -0.671. The molecule has 0 aliphatic carbocycles. The normalized spacial score (nSPS) is 13.1. The van der Waals surface area contributed by atoms with E-state index in [-0.39, 0.29) is 17.5 Å². The Morgan fingerprint density at radius 1 is 1.15 bits per heavy atom. The maximum Gasteiger partial charge on any atom is 0.268 e. The van der Waals surface area contributed by atoms with E-state index in [2.05, 4.69) is 10.3 Å². The molecule has 9 heteroatoms. The third-order valence-electron chi connectivity index (χ3n) is 5.42. The van der Waals surface area contributed by atoms with Gasteiger partial charge < -0.3 is 14.8 Å². The fourth-order valence-electron chi connectivity index (χ4n) is 3.69. The highest BCUT2D eigenvalue weighted by Gasteiger charge is 2.36. The Labute approximate surface area is 195 Å². The monoisotopic (exact) mass is 486 g/mol. The number of fused-ring (bicyclic) bond motifs is 1. The topological polar surface area (TPSA) is 75.1 Å². The van der Waals surface area contributed by atoms with Crippen molar-refractivity contribution in [1.82, 2.24) is 10.3 Å². The van der Waals surface area contributed by atoms with Crippen LogP contribution in [0.2, 0.25) is 5.02 Å². The van der Waals surface area contributed by atoms with E-state index >= 15 is 0 Å². The smallest absolute Gasteiger partial charge is 0.268 e. The van der Waals surface area contributed by atoms with E-state index in [0.29, 0.717) is 26.8 Å². The predicted molar refractivity (Wildman–Crippen MR) is 127 cm³/mol. The molecule has 6 nitrogen and oxygen atoms in total. The predicted octanol–water partition coefficient (Wildman–Crippen LogP) is 3.92. The first-order valence-electron chi connectivity index (χ1n) is 10.2. The number of rotatable bonds is 7. The lowest BCUT2D eigenvalue weighted by Gasteiger charge is -2.18. The number of aryl methyl sites for hydroxylation is 1. The minimum atomic E-state index is -3.78. The van der Waals surface area contributed by atoms with Crippen LogP contribution in [0.1, 0.15) is 21.6 Å². The third-order valence-corrected chi connectivity index (χ3v) is 8.18. The van der Waals surface area contributed by atoms with Gasteiger partial charge in [0.15, 0.2) is 12.4 Å². The third kappa shape index (κ3) is 4.58. The van der Waals surface area contributed by atoms with Crippen LogP contribution >= 0.6 is 19.0 Å². The van der Waals surface area contributed by atoms with E-state index < -0.39 is 20.0 Å². The zero-order chi connectivity index (χ0) is 23.6. The molecule has 0 saturated heterocycles. The number of nitrogens with one attached hydrogen (secondary N) is 2. The lowest BCUT2D eigenvalue weighted by Crippen LogP contribution is -2.31. The maximum absolute atomic E-state index is 14.3. The van der Waals surface area contributed by atoms with Crippen LogP contribution in [0.5, 0.6) is 0 Å². The number of carbonyl (C=O) groups excluding carboxylic acids is 1. The Balaban J connectivity index is 1.82. The Morgan fingerprint density at radius 2 is 1.91 bits per heavy atom. The second kappa shape index (κ2) is 9.48. The number of alkyl halides is 1. The number of carbonyl (C=O) groups is 1. The van der Waals surface area contributed by atoms with Gasteiger partial charge in [-0.2, -0.15) is 0 Å². The molecule has 0 saturated carbocycles. The summed E-state index contributed by atoms with van der Waals surface area (Å²) in [6.45, 7) is -0.427. The summed E-state index contributed by atoms with van der Waals surface area (Å²) in [6, 6.07) is 15.2. The van der Waals surface area contributed by atoms with Crippen LogP contribution in [0.3, 0.4) is 0 Å². The maximum atomic E-state index is 14.3. The van der Waals surface area contributed by atoms with Crippen molar-refractivity contribution in [3.05, 3.63) is 88.8 Å². The summed E-state index contributed by atoms with van der Waals surface area (Å²) >= 11 is 6.22. The van der Waals surface area contributed by atoms with E-state index in [0.717, 1.165) is 5.56 Å². The fourth-order valence-corrected chi connectivity index (χ4v) is 6.08. The summed E-state index contributed by atoms with van der Waals surface area (Å²) in [5.74, 6) is -0.440. The van der Waals surface area contributed by atoms with E-state index in [9.17, 15) is 13.8 Å². The van der Waals surface area contributed by atoms with Crippen molar-refractivity contribution in [2.45, 2.75) is 13.2 Å². The highest BCUT2D eigenvalue weighted by atomic mass is 35.5. The molecule has 1 atom stereocenters. The van der Waals surface area contributed by atoms with Crippen LogP contribution in [-0.2, 0) is 29.4 Å². The van der Waals surface area contributed by atoms with E-state index in [4.69, 9.17) is 16.1 Å². The molecule has 0 radical (unpaired) electrons. The molecule has 0 spiro atoms. The number of amides is 1. The molecule has 0 aliphatic rings. The summed E-state index contributed by atoms with van der Waals surface area (Å²) in [5, 5.41) is 4.31. The van der Waals surface area contributed by atoms with Crippen LogP contribution in [0.25, 0.3) is 10.9 Å². The average Bonchev–Trinajstić information content (AvgIpc) is 3.22. The van der Waals surface area contributed by atoms with Gasteiger partial charge in [-0.1, -0.05) is 23.7 Å². The molecule has 0 aliphatic heterocycles. The van der Waals surface area contributed by atoms with Crippen molar-refractivity contribution in [2.24, 2.45) is 7.05 Å². The van der Waals surface area contributed by atoms with Crippen molar-refractivity contribution < 1.29 is 22.8 Å². The van der Waals surface area contributed by atoms with Gasteiger partial charge >= 0.3 is 0 Å². The van der Waals surface area contributed by atoms with Crippen molar-refractivity contribution in [1.29, 1.82) is 0 Å². The Morgan fingerprint density at radius 3 is 2.61 bits per heavy atom. The SMILES string of the molecule is COP(=O)(c1cccc(CF)c1)c1c(C(=O)NCc2cc[n+](C)cc2)[nH]c2ccc(Cl)cc12. The number of hydrogen-bond donors (Lipinski definition) is 2. The molecule has 33 heavy (non-hydrogen) atoms. The van der Waals surface area contributed by atoms with Gasteiger partial charge in [0.1, 0.15) is 19.4 Å². The number of benzene rings is 2. The number of hydrogen-bond acceptors (Lipinski definition) is 3. The zero-order valence-electron chi connectivity index (χ0n) is 18.1. The zero-order valence-corrected chi connectivity index (χ0v) is 19.8. The van der Waals surface area contributed by atoms with E-state index in [1.54, 1.807) is 36.4 Å². The van der Waals surface area contributed by atoms with Gasteiger partial charge in [-0.3, -0.25) is 9.36 Å². The molecule has 1 amide bonds. The minimum Gasteiger partial charge on any atom is -0.350 e. The van der Waals surface area contributed by atoms with Crippen LogP contribution in [0.4, 0.5) is 4.39 Å². The first-order chi connectivity index (χ1) is 15.9. The first-order valence-corrected chi connectivity index (χ1v) is 12.2. The van der Waals surface area contributed by atoms with Gasteiger partial charge in [0.2, 0.25) is 0 Å². The average molecular weight is 487 g/mol. The molecule has 170 valence electrons. The molecule has 1 unspecified atom stereocenters. The van der Waals surface area contributed by atoms with Gasteiger partial charge in [-0.15, -0.1) is 0 Å². The van der Waals surface area contributed by atoms with Crippen LogP contribution in [0, 0.1) is 0 Å². The second-order valence-electron chi connectivity index (χ2n) is 7.63. The van der Waals surface area contributed by atoms with E-state index in [1.165, 1.54) is 13.2 Å². The molecule has 2 heterocycles. The van der Waals surface area contributed by atoms with Gasteiger partial charge in [0.05, 0.1) is 5.30 Å². The number of H-pyrrole nitrogens is 1. The molecule has 4 aromatic rings. The molecule has 0 fully saturated rings. The number of pyridine rings is 1. The number of nitrogens with zero attached hydrogens (tertiary/aromatic N) is 1. The molecule has 0 bridgehead atoms. The van der Waals surface area contributed by atoms with Gasteiger partial charge in [-0.25, -0.2) is 8.96 Å². The minimum absolute atomic E-state index is 0.115. The fraction of sp³-hybridized carbons (Fsp3) is 0.167. The van der Waals surface area contributed by atoms with Gasteiger partial charge in [0.25, 0.3) is 13.3 Å². The summed E-state index contributed by atoms with van der Waals surface area (Å²) < 4.78 is 35.1. The number of aromatic nitrogens is 2. The Hall–Kier alpha value is -2.99. The van der Waals surface area contributed by atoms with Gasteiger partial charge in [0, 0.05) is 47.0 Å². The first kappa shape index (κ1) is 23.2. The van der Waals surface area contributed by atoms with Crippen molar-refractivity contribution >= 4 is 46.4 Å².